The fourth-order valence-corrected chi connectivity index (χ4v) is 0. The fourth-order valence-electron chi connectivity index (χ4n) is 0. The van der Waals surface area contributed by atoms with Gasteiger partial charge in [0.25, 0.3) is 0 Å². The van der Waals surface area contributed by atoms with Crippen molar-refractivity contribution in [2.24, 2.45) is 0 Å². The Balaban J connectivity index is -0.00000000452. The number of hydrogen-bond donors (Lipinski definition) is 14. The van der Waals surface area contributed by atoms with Gasteiger partial charge in [-0.1, -0.05) is 0 Å². The summed E-state index contributed by atoms with van der Waals surface area (Å²) in [5.74, 6) is 0. The Labute approximate surface area is 584 Å². The maximum absolute atomic E-state index is 8.74. The van der Waals surface area contributed by atoms with Gasteiger partial charge >= 0.3 is 457 Å². The standard InChI is InChI=1S/13Na.7H2O4S.13H/c;;;;;;;;;;;;;7*1-5(2,3)4;;;;;;;;;;;;;/h;;;;;;;;;;;;;7*(H2,1,2,3,4);;;;;;;;;;;;;/q13*+1;;;;;;;;13*-1. The first-order valence-electron chi connectivity index (χ1n) is 4.89. The largest absolute Gasteiger partial charge is 1.00 e. The molecule has 0 aromatic heterocycles. The third-order valence-electron chi connectivity index (χ3n) is 0. The summed E-state index contributed by atoms with van der Waals surface area (Å²) in [7, 11) is -32.7. The maximum atomic E-state index is 8.74. The van der Waals surface area contributed by atoms with Crippen LogP contribution in [0, 0.1) is 0 Å². The molecule has 0 unspecified atom stereocenters. The van der Waals surface area contributed by atoms with Crippen LogP contribution < -0.4 is 384 Å². The van der Waals surface area contributed by atoms with Gasteiger partial charge in [0.15, 0.2) is 0 Å². The summed E-state index contributed by atoms with van der Waals surface area (Å²) >= 11 is 0. The molecule has 0 radical (unpaired) electrons. The molecule has 0 heterocycles. The average Bonchev–Trinajstić information content (AvgIpc) is 2.06. The number of hydrogen-bond acceptors (Lipinski definition) is 14. The predicted molar refractivity (Wildman–Crippen MR) is 114 cm³/mol. The summed E-state index contributed by atoms with van der Waals surface area (Å²) in [6.45, 7) is 0. The topological polar surface area (TPSA) is 522 Å². The van der Waals surface area contributed by atoms with Gasteiger partial charge < -0.3 is 18.5 Å². The van der Waals surface area contributed by atoms with Crippen molar-refractivity contribution in [3.63, 3.8) is 0 Å². The van der Waals surface area contributed by atoms with Crippen LogP contribution in [0.2, 0.25) is 0 Å². The molecule has 0 aromatic rings. The second kappa shape index (κ2) is 68.2. The molecule has 48 heavy (non-hydrogen) atoms. The van der Waals surface area contributed by atoms with Crippen molar-refractivity contribution in [3.05, 3.63) is 0 Å². The minimum absolute atomic E-state index is 0. The predicted octanol–water partition coefficient (Wildman–Crippen LogP) is -42.1. The van der Waals surface area contributed by atoms with E-state index in [-0.39, 0.29) is 403 Å². The summed E-state index contributed by atoms with van der Waals surface area (Å²) in [5.41, 5.74) is 0. The Bertz CT molecular complexity index is 989. The van der Waals surface area contributed by atoms with Crippen molar-refractivity contribution in [2.45, 2.75) is 0 Å². The van der Waals surface area contributed by atoms with Crippen LogP contribution in [-0.2, 0) is 72.8 Å². The molecule has 0 aliphatic rings. The molecule has 0 aliphatic heterocycles. The normalized spacial score (nSPS) is 8.46. The van der Waals surface area contributed by atoms with E-state index in [1.807, 2.05) is 0 Å². The van der Waals surface area contributed by atoms with Gasteiger partial charge in [-0.25, -0.2) is 0 Å². The summed E-state index contributed by atoms with van der Waals surface area (Å²) < 4.78 is 221. The molecule has 0 saturated carbocycles. The van der Waals surface area contributed by atoms with Crippen molar-refractivity contribution in [1.82, 2.24) is 0 Å². The van der Waals surface area contributed by atoms with Gasteiger partial charge in [0.1, 0.15) is 0 Å². The Morgan fingerprint density at radius 2 is 0.167 bits per heavy atom. The van der Waals surface area contributed by atoms with Crippen LogP contribution >= 0.6 is 0 Å². The first-order valence-corrected chi connectivity index (χ1v) is 14.7. The molecule has 0 aromatic carbocycles. The van der Waals surface area contributed by atoms with E-state index in [9.17, 15) is 0 Å². The Morgan fingerprint density at radius 3 is 0.167 bits per heavy atom. The van der Waals surface area contributed by atoms with E-state index < -0.39 is 72.8 Å². The molecule has 28 nitrogen and oxygen atoms in total. The smallest absolute Gasteiger partial charge is 1.00 e. The van der Waals surface area contributed by atoms with Crippen molar-refractivity contribution in [1.29, 1.82) is 0 Å². The summed E-state index contributed by atoms with van der Waals surface area (Å²) in [6.07, 6.45) is 0. The Hall–Kier alpha value is 12.1. The molecule has 0 amide bonds. The monoisotopic (exact) mass is 998 g/mol. The van der Waals surface area contributed by atoms with Crippen LogP contribution in [0.3, 0.4) is 0 Å². The van der Waals surface area contributed by atoms with Gasteiger partial charge in [0.05, 0.1) is 0 Å². The van der Waals surface area contributed by atoms with Gasteiger partial charge in [0.2, 0.25) is 0 Å². The van der Waals surface area contributed by atoms with Gasteiger partial charge in [-0.2, -0.15) is 58.9 Å². The number of rotatable bonds is 0. The van der Waals surface area contributed by atoms with Crippen molar-refractivity contribution in [3.8, 4) is 0 Å². The minimum atomic E-state index is -4.67. The van der Waals surface area contributed by atoms with Crippen LogP contribution in [0.4, 0.5) is 0 Å². The van der Waals surface area contributed by atoms with E-state index in [1.165, 1.54) is 0 Å². The molecular weight excluding hydrogens is 971 g/mol. The average molecular weight is 999 g/mol. The zero-order chi connectivity index (χ0) is 31.5. The molecule has 0 rings (SSSR count). The van der Waals surface area contributed by atoms with E-state index in [0.717, 1.165) is 0 Å². The van der Waals surface area contributed by atoms with Crippen LogP contribution in [0.15, 0.2) is 0 Å². The molecule has 0 fully saturated rings. The van der Waals surface area contributed by atoms with E-state index in [0.29, 0.717) is 0 Å². The molecule has 0 atom stereocenters. The van der Waals surface area contributed by atoms with Gasteiger partial charge in [-0.05, 0) is 0 Å². The molecule has 48 heteroatoms. The molecule has 0 spiro atoms. The quantitative estimate of drug-likeness (QED) is 0.0791. The van der Waals surface area contributed by atoms with Crippen molar-refractivity contribution < 1.29 is 525 Å². The maximum Gasteiger partial charge on any atom is 1.00 e. The van der Waals surface area contributed by atoms with E-state index >= 15 is 0 Å². The second-order valence-electron chi connectivity index (χ2n) is 3.13. The summed E-state index contributed by atoms with van der Waals surface area (Å²) in [4.78, 5) is 0. The molecule has 14 N–H and O–H groups in total. The van der Waals surface area contributed by atoms with E-state index in [4.69, 9.17) is 123 Å². The third kappa shape index (κ3) is 1300. The zero-order valence-corrected chi connectivity index (χ0v) is 59.5. The van der Waals surface area contributed by atoms with Crippen molar-refractivity contribution >= 4 is 72.8 Å². The SMILES string of the molecule is O=S(=O)(O)O.O=S(=O)(O)O.O=S(=O)(O)O.O=S(=O)(O)O.O=S(=O)(O)O.O=S(=O)(O)O.O=S(=O)(O)O.[H-].[H-].[H-].[H-].[H-].[H-].[H-].[H-].[H-].[H-].[H-].[H-].[H-].[Na+].[Na+].[Na+].[Na+].[Na+].[Na+].[Na+].[Na+].[Na+].[Na+].[Na+].[Na+].[Na+]. The van der Waals surface area contributed by atoms with Gasteiger partial charge in [-0.15, -0.1) is 0 Å². The Morgan fingerprint density at radius 1 is 0.167 bits per heavy atom. The third-order valence-corrected chi connectivity index (χ3v) is 0. The Kier molecular flexibility index (Phi) is 185. The first kappa shape index (κ1) is 131. The molecule has 250 valence electrons. The van der Waals surface area contributed by atoms with Gasteiger partial charge in [-0.3, -0.25) is 63.7 Å². The molecule has 0 saturated heterocycles. The van der Waals surface area contributed by atoms with Gasteiger partial charge in [0, 0.05) is 0 Å². The second-order valence-corrected chi connectivity index (χ2v) is 9.40. The zero-order valence-electron chi connectivity index (χ0n) is 40.8. The molecular formula is H27Na13O28S7. The van der Waals surface area contributed by atoms with Crippen LogP contribution in [0.1, 0.15) is 18.5 Å². The molecule has 0 aliphatic carbocycles. The molecule has 0 bridgehead atoms. The van der Waals surface area contributed by atoms with E-state index in [2.05, 4.69) is 0 Å². The van der Waals surface area contributed by atoms with Crippen LogP contribution in [0.5, 0.6) is 0 Å². The summed E-state index contributed by atoms with van der Waals surface area (Å²) in [5, 5.41) is 0. The van der Waals surface area contributed by atoms with E-state index in [1.54, 1.807) is 0 Å². The van der Waals surface area contributed by atoms with Crippen LogP contribution in [-0.4, -0.2) is 123 Å². The fraction of sp³-hybridized carbons (Fsp3) is 0. The minimum Gasteiger partial charge on any atom is -1.00 e. The van der Waals surface area contributed by atoms with Crippen LogP contribution in [0.25, 0.3) is 0 Å². The first-order chi connectivity index (χ1) is 14.0. The van der Waals surface area contributed by atoms with Crippen molar-refractivity contribution in [2.75, 3.05) is 0 Å². The summed E-state index contributed by atoms with van der Waals surface area (Å²) in [6, 6.07) is 0.